The van der Waals surface area contributed by atoms with Crippen LogP contribution >= 0.6 is 0 Å². The largest absolute Gasteiger partial charge is 0.463 e. The summed E-state index contributed by atoms with van der Waals surface area (Å²) in [6, 6.07) is 0.265. The van der Waals surface area contributed by atoms with Gasteiger partial charge in [-0.2, -0.15) is 15.0 Å². The van der Waals surface area contributed by atoms with E-state index in [1.54, 1.807) is 0 Å². The zero-order valence-electron chi connectivity index (χ0n) is 12.6. The van der Waals surface area contributed by atoms with E-state index in [4.69, 9.17) is 15.3 Å². The molecule has 8 heteroatoms. The number of hydrogen-bond acceptors (Lipinski definition) is 8. The Bertz CT molecular complexity index is 402. The maximum atomic E-state index is 5.50. The van der Waals surface area contributed by atoms with Crippen molar-refractivity contribution >= 4 is 11.9 Å². The van der Waals surface area contributed by atoms with Gasteiger partial charge in [0.25, 0.3) is 0 Å². The summed E-state index contributed by atoms with van der Waals surface area (Å²) in [5.74, 6) is 6.12. The number of nitrogens with one attached hydrogen (secondary N) is 1. The first kappa shape index (κ1) is 16.4. The van der Waals surface area contributed by atoms with Gasteiger partial charge in [0.1, 0.15) is 0 Å². The smallest absolute Gasteiger partial charge is 0.323 e. The van der Waals surface area contributed by atoms with Crippen molar-refractivity contribution in [2.45, 2.75) is 33.3 Å². The third-order valence-corrected chi connectivity index (χ3v) is 2.39. The molecule has 0 aliphatic heterocycles. The maximum Gasteiger partial charge on any atom is 0.323 e. The van der Waals surface area contributed by atoms with E-state index in [1.165, 1.54) is 0 Å². The number of anilines is 2. The second-order valence-corrected chi connectivity index (χ2v) is 4.58. The number of hydrazine groups is 1. The normalized spacial score (nSPS) is 10.7. The number of nitrogens with two attached hydrogens (primary N) is 1. The lowest BCUT2D eigenvalue weighted by Crippen LogP contribution is -2.26. The summed E-state index contributed by atoms with van der Waals surface area (Å²) in [4.78, 5) is 14.3. The molecule has 0 bridgehead atoms. The fourth-order valence-electron chi connectivity index (χ4n) is 1.36. The van der Waals surface area contributed by atoms with E-state index in [0.717, 1.165) is 6.42 Å². The van der Waals surface area contributed by atoms with Crippen molar-refractivity contribution < 1.29 is 9.47 Å². The summed E-state index contributed by atoms with van der Waals surface area (Å²) in [5.41, 5.74) is 2.41. The van der Waals surface area contributed by atoms with Gasteiger partial charge in [0, 0.05) is 13.6 Å². The van der Waals surface area contributed by atoms with Crippen molar-refractivity contribution in [2.75, 3.05) is 37.1 Å². The number of rotatable bonds is 9. The van der Waals surface area contributed by atoms with Gasteiger partial charge in [0.2, 0.25) is 11.9 Å². The molecule has 1 heterocycles. The average Bonchev–Trinajstić information content (AvgIpc) is 2.44. The van der Waals surface area contributed by atoms with Crippen LogP contribution in [0.1, 0.15) is 27.2 Å². The highest BCUT2D eigenvalue weighted by atomic mass is 16.5. The monoisotopic (exact) mass is 284 g/mol. The molecular weight excluding hydrogens is 260 g/mol. The molecule has 0 atom stereocenters. The molecule has 0 aromatic carbocycles. The van der Waals surface area contributed by atoms with Crippen molar-refractivity contribution in [1.29, 1.82) is 0 Å². The molecule has 0 aliphatic carbocycles. The minimum absolute atomic E-state index is 0.200. The summed E-state index contributed by atoms with van der Waals surface area (Å²) in [7, 11) is 1.88. The van der Waals surface area contributed by atoms with Crippen LogP contribution in [-0.2, 0) is 4.74 Å². The Labute approximate surface area is 119 Å². The second kappa shape index (κ2) is 8.49. The van der Waals surface area contributed by atoms with Crippen LogP contribution in [0.3, 0.4) is 0 Å². The number of nitrogen functional groups attached to an aromatic ring is 1. The number of hydrogen-bond donors (Lipinski definition) is 2. The Morgan fingerprint density at radius 2 is 2.00 bits per heavy atom. The topological polar surface area (TPSA) is 98.4 Å². The van der Waals surface area contributed by atoms with E-state index in [9.17, 15) is 0 Å². The first-order valence-corrected chi connectivity index (χ1v) is 6.75. The molecule has 20 heavy (non-hydrogen) atoms. The Hall–Kier alpha value is -1.67. The van der Waals surface area contributed by atoms with Crippen LogP contribution in [0.15, 0.2) is 0 Å². The van der Waals surface area contributed by atoms with Gasteiger partial charge in [-0.3, -0.25) is 5.43 Å². The zero-order chi connectivity index (χ0) is 15.0. The predicted octanol–water partition coefficient (Wildman–Crippen LogP) is 0.807. The number of ether oxygens (including phenoxy) is 2. The van der Waals surface area contributed by atoms with Crippen LogP contribution in [0.4, 0.5) is 11.9 Å². The molecule has 0 spiro atoms. The summed E-state index contributed by atoms with van der Waals surface area (Å²) in [5, 5.41) is 0. The lowest BCUT2D eigenvalue weighted by atomic mass is 10.5. The van der Waals surface area contributed by atoms with Gasteiger partial charge in [-0.25, -0.2) is 5.84 Å². The van der Waals surface area contributed by atoms with E-state index < -0.39 is 0 Å². The summed E-state index contributed by atoms with van der Waals surface area (Å²) < 4.78 is 10.9. The molecule has 8 nitrogen and oxygen atoms in total. The molecule has 0 fully saturated rings. The molecule has 0 amide bonds. The van der Waals surface area contributed by atoms with E-state index in [1.807, 2.05) is 32.7 Å². The SMILES string of the molecule is CCCOc1nc(NN)nc(N(C)CCOC(C)C)n1. The molecule has 0 saturated carbocycles. The number of nitrogens with zero attached hydrogens (tertiary/aromatic N) is 4. The third-order valence-electron chi connectivity index (χ3n) is 2.39. The quantitative estimate of drug-likeness (QED) is 0.507. The van der Waals surface area contributed by atoms with Gasteiger partial charge < -0.3 is 14.4 Å². The lowest BCUT2D eigenvalue weighted by molar-refractivity contribution is 0.0844. The van der Waals surface area contributed by atoms with Crippen LogP contribution in [0.25, 0.3) is 0 Å². The minimum Gasteiger partial charge on any atom is -0.463 e. The van der Waals surface area contributed by atoms with Crippen molar-refractivity contribution in [3.8, 4) is 6.01 Å². The van der Waals surface area contributed by atoms with E-state index >= 15 is 0 Å². The van der Waals surface area contributed by atoms with Crippen molar-refractivity contribution in [3.63, 3.8) is 0 Å². The number of likely N-dealkylation sites (N-methyl/N-ethyl adjacent to an activating group) is 1. The van der Waals surface area contributed by atoms with Gasteiger partial charge in [-0.1, -0.05) is 6.92 Å². The summed E-state index contributed by atoms with van der Waals surface area (Å²) >= 11 is 0. The van der Waals surface area contributed by atoms with Crippen molar-refractivity contribution in [1.82, 2.24) is 15.0 Å². The fraction of sp³-hybridized carbons (Fsp3) is 0.750. The molecule has 3 N–H and O–H groups in total. The highest BCUT2D eigenvalue weighted by Crippen LogP contribution is 2.13. The van der Waals surface area contributed by atoms with Gasteiger partial charge in [0.05, 0.1) is 19.3 Å². The number of aromatic nitrogens is 3. The molecule has 114 valence electrons. The van der Waals surface area contributed by atoms with E-state index in [2.05, 4.69) is 20.4 Å². The van der Waals surface area contributed by atoms with Gasteiger partial charge in [-0.05, 0) is 20.3 Å². The Balaban J connectivity index is 2.70. The molecule has 0 radical (unpaired) electrons. The Morgan fingerprint density at radius 1 is 1.25 bits per heavy atom. The molecule has 1 aromatic heterocycles. The summed E-state index contributed by atoms with van der Waals surface area (Å²) in [6.07, 6.45) is 1.08. The van der Waals surface area contributed by atoms with Gasteiger partial charge in [0.15, 0.2) is 0 Å². The molecule has 1 aromatic rings. The second-order valence-electron chi connectivity index (χ2n) is 4.58. The Kier molecular flexibility index (Phi) is 6.96. The lowest BCUT2D eigenvalue weighted by Gasteiger charge is -2.18. The van der Waals surface area contributed by atoms with Crippen LogP contribution < -0.4 is 20.9 Å². The van der Waals surface area contributed by atoms with Crippen molar-refractivity contribution in [3.05, 3.63) is 0 Å². The standard InChI is InChI=1S/C12H24N6O2/c1-5-7-20-12-15-10(17-13)14-11(16-12)18(4)6-8-19-9(2)3/h9H,5-8,13H2,1-4H3,(H,14,15,16,17). The molecule has 0 saturated heterocycles. The molecular formula is C12H24N6O2. The molecule has 0 aliphatic rings. The van der Waals surface area contributed by atoms with Crippen LogP contribution in [0, 0.1) is 0 Å². The molecule has 0 unspecified atom stereocenters. The van der Waals surface area contributed by atoms with Crippen LogP contribution in [0.2, 0.25) is 0 Å². The van der Waals surface area contributed by atoms with Crippen molar-refractivity contribution in [2.24, 2.45) is 5.84 Å². The highest BCUT2D eigenvalue weighted by Gasteiger charge is 2.11. The first-order valence-electron chi connectivity index (χ1n) is 6.75. The van der Waals surface area contributed by atoms with Gasteiger partial charge in [-0.15, -0.1) is 0 Å². The average molecular weight is 284 g/mol. The van der Waals surface area contributed by atoms with E-state index in [-0.39, 0.29) is 18.1 Å². The fourth-order valence-corrected chi connectivity index (χ4v) is 1.36. The van der Waals surface area contributed by atoms with E-state index in [0.29, 0.717) is 25.7 Å². The first-order chi connectivity index (χ1) is 9.56. The minimum atomic E-state index is 0.200. The Morgan fingerprint density at radius 3 is 2.60 bits per heavy atom. The third kappa shape index (κ3) is 5.54. The maximum absolute atomic E-state index is 5.50. The summed E-state index contributed by atoms with van der Waals surface area (Å²) in [6.45, 7) is 7.81. The van der Waals surface area contributed by atoms with Crippen LogP contribution in [-0.4, -0.2) is 47.9 Å². The molecule has 1 rings (SSSR count). The highest BCUT2D eigenvalue weighted by molar-refractivity contribution is 5.36. The predicted molar refractivity (Wildman–Crippen MR) is 77.8 cm³/mol. The zero-order valence-corrected chi connectivity index (χ0v) is 12.6. The van der Waals surface area contributed by atoms with Crippen LogP contribution in [0.5, 0.6) is 6.01 Å². The van der Waals surface area contributed by atoms with Gasteiger partial charge >= 0.3 is 6.01 Å².